The summed E-state index contributed by atoms with van der Waals surface area (Å²) in [6, 6.07) is 14.2. The Morgan fingerprint density at radius 2 is 1.49 bits per heavy atom. The van der Waals surface area contributed by atoms with Crippen LogP contribution in [0.4, 0.5) is 30.7 Å². The number of ether oxygens (including phenoxy) is 2. The van der Waals surface area contributed by atoms with E-state index in [1.807, 2.05) is 35.2 Å². The Hall–Kier alpha value is -3.44. The van der Waals surface area contributed by atoms with Crippen molar-refractivity contribution >= 4 is 5.97 Å². The van der Waals surface area contributed by atoms with Crippen LogP contribution in [-0.2, 0) is 28.4 Å². The van der Waals surface area contributed by atoms with Crippen molar-refractivity contribution in [3.8, 4) is 0 Å². The van der Waals surface area contributed by atoms with Gasteiger partial charge < -0.3 is 9.47 Å². The average molecular weight is 527 g/mol. The van der Waals surface area contributed by atoms with Crippen LogP contribution in [0.3, 0.4) is 0 Å². The van der Waals surface area contributed by atoms with Crippen molar-refractivity contribution in [1.82, 2.24) is 4.90 Å². The van der Waals surface area contributed by atoms with E-state index in [1.165, 1.54) is 24.3 Å². The summed E-state index contributed by atoms with van der Waals surface area (Å²) in [4.78, 5) is 14.7. The number of morpholine rings is 1. The fourth-order valence-electron chi connectivity index (χ4n) is 4.06. The molecule has 0 N–H and O–H groups in total. The van der Waals surface area contributed by atoms with Gasteiger partial charge in [0.05, 0.1) is 29.3 Å². The number of rotatable bonds is 5. The van der Waals surface area contributed by atoms with Gasteiger partial charge in [-0.25, -0.2) is 9.18 Å². The maximum Gasteiger partial charge on any atom is 0.416 e. The predicted molar refractivity (Wildman–Crippen MR) is 118 cm³/mol. The number of nitrogens with zero attached hydrogens (tertiary/aromatic N) is 1. The molecule has 0 aliphatic carbocycles. The molecule has 1 fully saturated rings. The summed E-state index contributed by atoms with van der Waals surface area (Å²) in [5.41, 5.74) is -2.83. The number of benzene rings is 3. The molecule has 11 heteroatoms. The molecule has 196 valence electrons. The van der Waals surface area contributed by atoms with E-state index in [1.54, 1.807) is 0 Å². The molecule has 1 unspecified atom stereocenters. The van der Waals surface area contributed by atoms with Gasteiger partial charge in [0.2, 0.25) is 6.29 Å². The molecule has 37 heavy (non-hydrogen) atoms. The Morgan fingerprint density at radius 3 is 2.05 bits per heavy atom. The number of alkyl halides is 6. The Bertz CT molecular complexity index is 1200. The number of hydrogen-bond acceptors (Lipinski definition) is 4. The minimum Gasteiger partial charge on any atom is -0.430 e. The van der Waals surface area contributed by atoms with Gasteiger partial charge in [0.1, 0.15) is 5.82 Å². The highest BCUT2D eigenvalue weighted by molar-refractivity contribution is 5.90. The van der Waals surface area contributed by atoms with Gasteiger partial charge in [-0.15, -0.1) is 0 Å². The molecule has 0 radical (unpaired) electrons. The lowest BCUT2D eigenvalue weighted by Gasteiger charge is -2.40. The van der Waals surface area contributed by atoms with Crippen LogP contribution in [0, 0.1) is 5.82 Å². The molecule has 0 aromatic heterocycles. The van der Waals surface area contributed by atoms with E-state index in [0.717, 1.165) is 5.56 Å². The summed E-state index contributed by atoms with van der Waals surface area (Å²) in [6.07, 6.45) is -11.6. The summed E-state index contributed by atoms with van der Waals surface area (Å²) < 4.78 is 104. The maximum atomic E-state index is 13.6. The van der Waals surface area contributed by atoms with E-state index in [2.05, 4.69) is 0 Å². The first kappa shape index (κ1) is 26.6. The largest absolute Gasteiger partial charge is 0.430 e. The molecule has 1 heterocycles. The van der Waals surface area contributed by atoms with Gasteiger partial charge in [-0.2, -0.15) is 26.3 Å². The quantitative estimate of drug-likeness (QED) is 0.276. The Morgan fingerprint density at radius 1 is 0.892 bits per heavy atom. The first-order chi connectivity index (χ1) is 17.4. The predicted octanol–water partition coefficient (Wildman–Crippen LogP) is 6.62. The summed E-state index contributed by atoms with van der Waals surface area (Å²) >= 11 is 0. The second-order valence-corrected chi connectivity index (χ2v) is 8.39. The Labute approximate surface area is 207 Å². The van der Waals surface area contributed by atoms with Crippen LogP contribution >= 0.6 is 0 Å². The number of esters is 1. The third-order valence-corrected chi connectivity index (χ3v) is 5.80. The van der Waals surface area contributed by atoms with Crippen LogP contribution in [0.5, 0.6) is 0 Å². The van der Waals surface area contributed by atoms with Gasteiger partial charge in [0.25, 0.3) is 0 Å². The number of carbonyl (C=O) groups is 1. The zero-order valence-electron chi connectivity index (χ0n) is 19.0. The molecule has 1 aliphatic rings. The summed E-state index contributed by atoms with van der Waals surface area (Å²) in [5, 5.41) is 0. The van der Waals surface area contributed by atoms with Crippen molar-refractivity contribution in [2.75, 3.05) is 13.2 Å². The van der Waals surface area contributed by atoms with Crippen molar-refractivity contribution in [2.45, 2.75) is 31.2 Å². The molecule has 0 saturated carbocycles. The van der Waals surface area contributed by atoms with Gasteiger partial charge in [-0.3, -0.25) is 4.90 Å². The highest BCUT2D eigenvalue weighted by Crippen LogP contribution is 2.37. The van der Waals surface area contributed by atoms with Crippen molar-refractivity contribution in [1.29, 1.82) is 0 Å². The maximum absolute atomic E-state index is 13.6. The molecule has 1 aliphatic heterocycles. The van der Waals surface area contributed by atoms with E-state index in [9.17, 15) is 35.5 Å². The van der Waals surface area contributed by atoms with E-state index in [-0.39, 0.29) is 12.7 Å². The fraction of sp³-hybridized carbons (Fsp3) is 0.269. The highest BCUT2D eigenvalue weighted by Gasteiger charge is 2.40. The van der Waals surface area contributed by atoms with Crippen LogP contribution in [-0.4, -0.2) is 30.3 Å². The molecule has 0 spiro atoms. The van der Waals surface area contributed by atoms with Crippen molar-refractivity contribution in [2.24, 2.45) is 0 Å². The minimum atomic E-state index is -5.12. The van der Waals surface area contributed by atoms with Crippen LogP contribution < -0.4 is 0 Å². The second kappa shape index (κ2) is 10.5. The number of halogens is 7. The van der Waals surface area contributed by atoms with Crippen molar-refractivity contribution in [3.05, 3.63) is 106 Å². The third-order valence-electron chi connectivity index (χ3n) is 5.80. The summed E-state index contributed by atoms with van der Waals surface area (Å²) in [6.45, 7) is 0.799. The highest BCUT2D eigenvalue weighted by atomic mass is 19.4. The molecule has 3 aromatic carbocycles. The lowest BCUT2D eigenvalue weighted by Crippen LogP contribution is -2.46. The normalized spacial score (nSPS) is 19.0. The van der Waals surface area contributed by atoms with E-state index in [4.69, 9.17) is 9.47 Å². The fourth-order valence-corrected chi connectivity index (χ4v) is 4.06. The summed E-state index contributed by atoms with van der Waals surface area (Å²) in [7, 11) is 0. The van der Waals surface area contributed by atoms with Crippen LogP contribution in [0.2, 0.25) is 0 Å². The van der Waals surface area contributed by atoms with Crippen LogP contribution in [0.25, 0.3) is 0 Å². The molecular formula is C26H20F7NO3. The number of hydrogen-bond donors (Lipinski definition) is 0. The lowest BCUT2D eigenvalue weighted by atomic mass is 10.0. The molecule has 2 atom stereocenters. The SMILES string of the molecule is O=C(O[C@H]1OCCN(Cc2ccccc2)C1c1ccc(F)cc1)c1cc(C(F)(F)F)cc(C(F)(F)F)c1. The van der Waals surface area contributed by atoms with E-state index < -0.39 is 53.2 Å². The molecule has 4 nitrogen and oxygen atoms in total. The van der Waals surface area contributed by atoms with E-state index in [0.29, 0.717) is 30.8 Å². The van der Waals surface area contributed by atoms with Gasteiger partial charge >= 0.3 is 18.3 Å². The zero-order valence-corrected chi connectivity index (χ0v) is 19.0. The Kier molecular flexibility index (Phi) is 7.56. The zero-order chi connectivity index (χ0) is 26.8. The lowest BCUT2D eigenvalue weighted by molar-refractivity contribution is -0.186. The molecule has 4 rings (SSSR count). The van der Waals surface area contributed by atoms with Gasteiger partial charge in [0.15, 0.2) is 0 Å². The first-order valence-corrected chi connectivity index (χ1v) is 11.1. The smallest absolute Gasteiger partial charge is 0.416 e. The van der Waals surface area contributed by atoms with Gasteiger partial charge in [0, 0.05) is 13.1 Å². The monoisotopic (exact) mass is 527 g/mol. The molecule has 1 saturated heterocycles. The van der Waals surface area contributed by atoms with Crippen LogP contribution in [0.15, 0.2) is 72.8 Å². The minimum absolute atomic E-state index is 0.0683. The van der Waals surface area contributed by atoms with Crippen molar-refractivity contribution in [3.63, 3.8) is 0 Å². The van der Waals surface area contributed by atoms with Crippen LogP contribution in [0.1, 0.15) is 38.7 Å². The summed E-state index contributed by atoms with van der Waals surface area (Å²) in [5.74, 6) is -1.94. The average Bonchev–Trinajstić information content (AvgIpc) is 2.84. The van der Waals surface area contributed by atoms with Gasteiger partial charge in [-0.05, 0) is 41.5 Å². The topological polar surface area (TPSA) is 38.8 Å². The molecule has 0 amide bonds. The number of carbonyl (C=O) groups excluding carboxylic acids is 1. The van der Waals surface area contributed by atoms with Gasteiger partial charge in [-0.1, -0.05) is 42.5 Å². The second-order valence-electron chi connectivity index (χ2n) is 8.39. The Balaban J connectivity index is 1.67. The molecule has 3 aromatic rings. The standard InChI is InChI=1S/C26H20F7NO3/c27-21-8-6-17(7-9-21)22-24(36-11-10-34(22)15-16-4-2-1-3-5-16)37-23(35)18-12-19(25(28,29)30)14-20(13-18)26(31,32)33/h1-9,12-14,22,24H,10-11,15H2/t22?,24-/m1/s1. The third kappa shape index (κ3) is 6.47. The molecular weight excluding hydrogens is 507 g/mol. The molecule has 0 bridgehead atoms. The van der Waals surface area contributed by atoms with Crippen molar-refractivity contribution < 1.29 is 45.0 Å². The van der Waals surface area contributed by atoms with E-state index >= 15 is 0 Å². The first-order valence-electron chi connectivity index (χ1n) is 11.1.